The van der Waals surface area contributed by atoms with Gasteiger partial charge in [-0.15, -0.1) is 0 Å². The lowest BCUT2D eigenvalue weighted by molar-refractivity contribution is -0.121. The van der Waals surface area contributed by atoms with Gasteiger partial charge in [-0.2, -0.15) is 5.10 Å². The van der Waals surface area contributed by atoms with Crippen molar-refractivity contribution < 1.29 is 14.7 Å². The van der Waals surface area contributed by atoms with E-state index in [0.29, 0.717) is 31.0 Å². The average Bonchev–Trinajstić information content (AvgIpc) is 3.53. The van der Waals surface area contributed by atoms with E-state index >= 15 is 0 Å². The van der Waals surface area contributed by atoms with Crippen molar-refractivity contribution in [2.24, 2.45) is 13.0 Å². The Hall–Kier alpha value is -3.65. The summed E-state index contributed by atoms with van der Waals surface area (Å²) in [6.07, 6.45) is 4.00. The minimum atomic E-state index is -0.731. The number of aliphatic hydroxyl groups is 1. The molecule has 1 aromatic heterocycles. The predicted octanol–water partition coefficient (Wildman–Crippen LogP) is 4.06. The first-order chi connectivity index (χ1) is 18.3. The van der Waals surface area contributed by atoms with Gasteiger partial charge in [0.15, 0.2) is 0 Å². The van der Waals surface area contributed by atoms with E-state index < -0.39 is 6.23 Å². The molecule has 3 N–H and O–H groups in total. The predicted molar refractivity (Wildman–Crippen MR) is 148 cm³/mol. The Labute approximate surface area is 224 Å². The Kier molecular flexibility index (Phi) is 7.51. The number of aliphatic hydroxyl groups excluding tert-OH is 1. The van der Waals surface area contributed by atoms with Crippen LogP contribution in [0.5, 0.6) is 0 Å². The fourth-order valence-electron chi connectivity index (χ4n) is 5.57. The third kappa shape index (κ3) is 5.45. The second-order valence-electron chi connectivity index (χ2n) is 10.7. The van der Waals surface area contributed by atoms with E-state index in [-0.39, 0.29) is 23.8 Å². The molecule has 1 saturated heterocycles. The highest BCUT2D eigenvalue weighted by Gasteiger charge is 2.33. The standard InChI is InChI=1S/C30H37N5O3/c1-4-28(36)32-25-12-11-22(15-25)29(37)33-26-16-23(6-5-19(26)2)30(38)35-17-24(18-35)20-7-9-21(10-8-20)27-13-14-31-34(27)3/h5-10,13-14,16,22,24-25,29,33,37H,4,11-12,15,17-18H2,1-3H3,(H,32,36)/t22-,25?,29?/m1/s1. The molecule has 2 aliphatic rings. The maximum atomic E-state index is 13.2. The number of aromatic nitrogens is 2. The summed E-state index contributed by atoms with van der Waals surface area (Å²) in [4.78, 5) is 26.8. The molecule has 0 bridgehead atoms. The van der Waals surface area contributed by atoms with Crippen molar-refractivity contribution in [1.29, 1.82) is 0 Å². The van der Waals surface area contributed by atoms with Crippen molar-refractivity contribution in [2.75, 3.05) is 18.4 Å². The number of benzene rings is 2. The molecule has 1 saturated carbocycles. The van der Waals surface area contributed by atoms with Gasteiger partial charge < -0.3 is 20.6 Å². The van der Waals surface area contributed by atoms with Crippen molar-refractivity contribution in [2.45, 2.75) is 57.7 Å². The molecule has 5 rings (SSSR count). The number of rotatable bonds is 8. The van der Waals surface area contributed by atoms with Crippen LogP contribution >= 0.6 is 0 Å². The van der Waals surface area contributed by atoms with Gasteiger partial charge >= 0.3 is 0 Å². The molecule has 2 fully saturated rings. The number of hydrogen-bond donors (Lipinski definition) is 3. The van der Waals surface area contributed by atoms with Crippen LogP contribution in [0.1, 0.15) is 60.0 Å². The van der Waals surface area contributed by atoms with Gasteiger partial charge in [-0.3, -0.25) is 14.3 Å². The molecule has 8 heteroatoms. The maximum absolute atomic E-state index is 13.2. The Morgan fingerprint density at radius 1 is 1.11 bits per heavy atom. The summed E-state index contributed by atoms with van der Waals surface area (Å²) in [5.74, 6) is 0.438. The lowest BCUT2D eigenvalue weighted by atomic mass is 9.90. The van der Waals surface area contributed by atoms with Crippen LogP contribution in [0.3, 0.4) is 0 Å². The van der Waals surface area contributed by atoms with Crippen molar-refractivity contribution in [3.63, 3.8) is 0 Å². The van der Waals surface area contributed by atoms with Gasteiger partial charge in [0.25, 0.3) is 5.91 Å². The van der Waals surface area contributed by atoms with Gasteiger partial charge in [-0.1, -0.05) is 37.3 Å². The largest absolute Gasteiger partial charge is 0.374 e. The fraction of sp³-hybridized carbons (Fsp3) is 0.433. The third-order valence-electron chi connectivity index (χ3n) is 8.06. The normalized spacial score (nSPS) is 20.2. The zero-order valence-corrected chi connectivity index (χ0v) is 22.4. The van der Waals surface area contributed by atoms with Gasteiger partial charge in [0.1, 0.15) is 6.23 Å². The number of hydrogen-bond acceptors (Lipinski definition) is 5. The van der Waals surface area contributed by atoms with Gasteiger partial charge in [0.2, 0.25) is 5.91 Å². The summed E-state index contributed by atoms with van der Waals surface area (Å²) in [7, 11) is 1.94. The van der Waals surface area contributed by atoms with Crippen LogP contribution in [0, 0.1) is 12.8 Å². The number of amides is 2. The van der Waals surface area contributed by atoms with Gasteiger partial charge in [-0.05, 0) is 61.1 Å². The molecule has 0 spiro atoms. The molecular weight excluding hydrogens is 478 g/mol. The molecule has 2 aromatic carbocycles. The quantitative estimate of drug-likeness (QED) is 0.393. The molecule has 2 amide bonds. The number of aryl methyl sites for hydroxylation is 2. The van der Waals surface area contributed by atoms with E-state index in [1.165, 1.54) is 5.56 Å². The number of likely N-dealkylation sites (tertiary alicyclic amines) is 1. The van der Waals surface area contributed by atoms with E-state index in [0.717, 1.165) is 41.8 Å². The van der Waals surface area contributed by atoms with E-state index in [1.54, 1.807) is 6.20 Å². The molecule has 2 heterocycles. The minimum absolute atomic E-state index is 0.00787. The lowest BCUT2D eigenvalue weighted by Crippen LogP contribution is -2.48. The van der Waals surface area contributed by atoms with E-state index in [1.807, 2.05) is 54.7 Å². The monoisotopic (exact) mass is 515 g/mol. The SMILES string of the molecule is CCC(=O)NC1CC[C@@H](C(O)Nc2cc(C(=O)N3CC(c4ccc(-c5ccnn5C)cc4)C3)ccc2C)C1. The third-order valence-corrected chi connectivity index (χ3v) is 8.06. The summed E-state index contributed by atoms with van der Waals surface area (Å²) in [5, 5.41) is 21.4. The molecule has 3 atom stereocenters. The second-order valence-corrected chi connectivity index (χ2v) is 10.7. The van der Waals surface area contributed by atoms with Gasteiger partial charge in [0.05, 0.1) is 5.69 Å². The van der Waals surface area contributed by atoms with Crippen molar-refractivity contribution in [3.05, 3.63) is 71.4 Å². The number of carbonyl (C=O) groups is 2. The summed E-state index contributed by atoms with van der Waals surface area (Å²) in [6.45, 7) is 5.19. The Balaban J connectivity index is 1.17. The maximum Gasteiger partial charge on any atom is 0.253 e. The van der Waals surface area contributed by atoms with Crippen LogP contribution in [0.15, 0.2) is 54.7 Å². The zero-order chi connectivity index (χ0) is 26.8. The molecule has 38 heavy (non-hydrogen) atoms. The molecule has 2 unspecified atom stereocenters. The van der Waals surface area contributed by atoms with E-state index in [2.05, 4.69) is 40.0 Å². The Bertz CT molecular complexity index is 1300. The van der Waals surface area contributed by atoms with Crippen LogP contribution in [-0.4, -0.2) is 57.0 Å². The molecule has 3 aromatic rings. The number of anilines is 1. The fourth-order valence-corrected chi connectivity index (χ4v) is 5.57. The first-order valence-corrected chi connectivity index (χ1v) is 13.5. The highest BCUT2D eigenvalue weighted by atomic mass is 16.3. The van der Waals surface area contributed by atoms with Crippen molar-refractivity contribution in [1.82, 2.24) is 20.0 Å². The molecule has 1 aliphatic carbocycles. The highest BCUT2D eigenvalue weighted by Crippen LogP contribution is 2.32. The smallest absolute Gasteiger partial charge is 0.253 e. The first kappa shape index (κ1) is 26.0. The number of nitrogens with zero attached hydrogens (tertiary/aromatic N) is 3. The highest BCUT2D eigenvalue weighted by molar-refractivity contribution is 5.96. The number of nitrogens with one attached hydrogen (secondary N) is 2. The second kappa shape index (κ2) is 11.0. The number of carbonyl (C=O) groups excluding carboxylic acids is 2. The molecule has 200 valence electrons. The Morgan fingerprint density at radius 3 is 2.55 bits per heavy atom. The zero-order valence-electron chi connectivity index (χ0n) is 22.4. The molecular formula is C30H37N5O3. The van der Waals surface area contributed by atoms with Crippen LogP contribution in [0.2, 0.25) is 0 Å². The van der Waals surface area contributed by atoms with Crippen LogP contribution in [-0.2, 0) is 11.8 Å². The summed E-state index contributed by atoms with van der Waals surface area (Å²) in [5.41, 5.74) is 5.81. The average molecular weight is 516 g/mol. The first-order valence-electron chi connectivity index (χ1n) is 13.5. The molecule has 0 radical (unpaired) electrons. The van der Waals surface area contributed by atoms with Crippen LogP contribution in [0.4, 0.5) is 5.69 Å². The topological polar surface area (TPSA) is 99.5 Å². The summed E-state index contributed by atoms with van der Waals surface area (Å²) < 4.78 is 1.86. The summed E-state index contributed by atoms with van der Waals surface area (Å²) >= 11 is 0. The van der Waals surface area contributed by atoms with Crippen molar-refractivity contribution in [3.8, 4) is 11.3 Å². The van der Waals surface area contributed by atoms with Gasteiger partial charge in [-0.25, -0.2) is 0 Å². The lowest BCUT2D eigenvalue weighted by Gasteiger charge is -2.39. The Morgan fingerprint density at radius 2 is 1.87 bits per heavy atom. The van der Waals surface area contributed by atoms with Gasteiger partial charge in [0, 0.05) is 61.9 Å². The van der Waals surface area contributed by atoms with Crippen LogP contribution in [0.25, 0.3) is 11.3 Å². The van der Waals surface area contributed by atoms with E-state index in [9.17, 15) is 14.7 Å². The van der Waals surface area contributed by atoms with E-state index in [4.69, 9.17) is 0 Å². The van der Waals surface area contributed by atoms with Crippen molar-refractivity contribution >= 4 is 17.5 Å². The molecule has 1 aliphatic heterocycles. The molecule has 8 nitrogen and oxygen atoms in total. The van der Waals surface area contributed by atoms with Crippen LogP contribution < -0.4 is 10.6 Å². The summed E-state index contributed by atoms with van der Waals surface area (Å²) in [6, 6.07) is 16.3. The minimum Gasteiger partial charge on any atom is -0.374 e.